The molecule has 2 N–H and O–H groups in total. The zero-order chi connectivity index (χ0) is 19.2. The summed E-state index contributed by atoms with van der Waals surface area (Å²) in [5.41, 5.74) is 2.08. The molecule has 2 aliphatic rings. The largest absolute Gasteiger partial charge is 0.481 e. The number of rotatable bonds is 6. The van der Waals surface area contributed by atoms with Crippen LogP contribution in [0, 0.1) is 5.92 Å². The fourth-order valence-electron chi connectivity index (χ4n) is 4.44. The second-order valence-electron chi connectivity index (χ2n) is 8.32. The zero-order valence-electron chi connectivity index (χ0n) is 16.7. The molecule has 5 nitrogen and oxygen atoms in total. The minimum atomic E-state index is -0.714. The molecule has 0 aromatic heterocycles. The van der Waals surface area contributed by atoms with Gasteiger partial charge in [0.05, 0.1) is 0 Å². The summed E-state index contributed by atoms with van der Waals surface area (Å²) in [7, 11) is 2.17. The minimum Gasteiger partial charge on any atom is -0.481 e. The second-order valence-corrected chi connectivity index (χ2v) is 8.32. The highest BCUT2D eigenvalue weighted by Crippen LogP contribution is 2.29. The lowest BCUT2D eigenvalue weighted by molar-refractivity contribution is -0.137. The number of benzene rings is 1. The number of carboxylic acids is 1. The number of carbonyl (C=O) groups is 2. The van der Waals surface area contributed by atoms with E-state index in [0.717, 1.165) is 50.8 Å². The van der Waals surface area contributed by atoms with Gasteiger partial charge < -0.3 is 15.3 Å². The Bertz CT molecular complexity index is 634. The predicted octanol–water partition coefficient (Wildman–Crippen LogP) is 4.07. The molecule has 6 heteroatoms. The van der Waals surface area contributed by atoms with Crippen molar-refractivity contribution >= 4 is 24.3 Å². The van der Waals surface area contributed by atoms with Crippen molar-refractivity contribution in [2.24, 2.45) is 5.92 Å². The molecule has 0 spiro atoms. The Labute approximate surface area is 174 Å². The van der Waals surface area contributed by atoms with Crippen LogP contribution in [0.3, 0.4) is 0 Å². The molecule has 1 aliphatic heterocycles. The van der Waals surface area contributed by atoms with Crippen LogP contribution in [0.25, 0.3) is 0 Å². The first-order valence-electron chi connectivity index (χ1n) is 10.3. The van der Waals surface area contributed by atoms with Gasteiger partial charge in [0.1, 0.15) is 0 Å². The summed E-state index contributed by atoms with van der Waals surface area (Å²) in [4.78, 5) is 25.6. The highest BCUT2D eigenvalue weighted by Gasteiger charge is 2.23. The molecule has 0 unspecified atom stereocenters. The number of amides is 1. The van der Waals surface area contributed by atoms with Gasteiger partial charge in [0.25, 0.3) is 5.91 Å². The van der Waals surface area contributed by atoms with E-state index in [4.69, 9.17) is 5.11 Å². The number of hydrogen-bond acceptors (Lipinski definition) is 3. The van der Waals surface area contributed by atoms with Gasteiger partial charge in [-0.2, -0.15) is 0 Å². The van der Waals surface area contributed by atoms with E-state index in [-0.39, 0.29) is 30.8 Å². The summed E-state index contributed by atoms with van der Waals surface area (Å²) in [5.74, 6) is 0.399. The summed E-state index contributed by atoms with van der Waals surface area (Å²) < 4.78 is 0. The highest BCUT2D eigenvalue weighted by molar-refractivity contribution is 5.94. The number of nitrogens with zero attached hydrogens (tertiary/aromatic N) is 1. The second kappa shape index (κ2) is 10.8. The van der Waals surface area contributed by atoms with Crippen LogP contribution in [-0.4, -0.2) is 48.1 Å². The van der Waals surface area contributed by atoms with Gasteiger partial charge in [-0.25, -0.2) is 0 Å². The third kappa shape index (κ3) is 6.49. The van der Waals surface area contributed by atoms with Crippen LogP contribution >= 0.6 is 12.4 Å². The fourth-order valence-corrected chi connectivity index (χ4v) is 4.44. The van der Waals surface area contributed by atoms with E-state index >= 15 is 0 Å². The van der Waals surface area contributed by atoms with E-state index in [9.17, 15) is 9.59 Å². The van der Waals surface area contributed by atoms with Gasteiger partial charge in [-0.3, -0.25) is 9.59 Å². The van der Waals surface area contributed by atoms with Crippen molar-refractivity contribution in [3.63, 3.8) is 0 Å². The number of piperidine rings is 1. The van der Waals surface area contributed by atoms with Crippen LogP contribution in [0.5, 0.6) is 0 Å². The number of hydrogen-bond donors (Lipinski definition) is 2. The van der Waals surface area contributed by atoms with Crippen molar-refractivity contribution in [1.29, 1.82) is 0 Å². The molecule has 156 valence electrons. The summed E-state index contributed by atoms with van der Waals surface area (Å²) in [6, 6.07) is 8.37. The molecule has 0 radical (unpaired) electrons. The van der Waals surface area contributed by atoms with Gasteiger partial charge in [0.2, 0.25) is 0 Å². The molecule has 0 atom stereocenters. The molecule has 3 rings (SSSR count). The number of aliphatic carboxylic acids is 1. The molecule has 1 aromatic carbocycles. The van der Waals surface area contributed by atoms with Gasteiger partial charge in [0.15, 0.2) is 0 Å². The Morgan fingerprint density at radius 1 is 1.04 bits per heavy atom. The molecule has 1 amide bonds. The molecule has 0 bridgehead atoms. The normalized spacial score (nSPS) is 23.6. The SMILES string of the molecule is CN1CCC(c2ccc(C(=O)N[C@H]3CC[C@H](CCC(=O)O)CC3)cc2)CC1.Cl. The van der Waals surface area contributed by atoms with Crippen molar-refractivity contribution in [3.8, 4) is 0 Å². The van der Waals surface area contributed by atoms with Gasteiger partial charge in [-0.05, 0) is 94.6 Å². The maximum absolute atomic E-state index is 12.5. The maximum atomic E-state index is 12.5. The number of carbonyl (C=O) groups excluding carboxylic acids is 1. The lowest BCUT2D eigenvalue weighted by Gasteiger charge is -2.29. The van der Waals surface area contributed by atoms with Gasteiger partial charge in [-0.1, -0.05) is 12.1 Å². The number of nitrogens with one attached hydrogen (secondary N) is 1. The monoisotopic (exact) mass is 408 g/mol. The molecule has 1 aromatic rings. The first-order chi connectivity index (χ1) is 13.0. The maximum Gasteiger partial charge on any atom is 0.303 e. The van der Waals surface area contributed by atoms with Crippen molar-refractivity contribution < 1.29 is 14.7 Å². The van der Waals surface area contributed by atoms with Crippen LogP contribution in [-0.2, 0) is 4.79 Å². The molecule has 28 heavy (non-hydrogen) atoms. The van der Waals surface area contributed by atoms with Crippen LogP contribution in [0.4, 0.5) is 0 Å². The van der Waals surface area contributed by atoms with Crippen molar-refractivity contribution in [2.75, 3.05) is 20.1 Å². The first-order valence-corrected chi connectivity index (χ1v) is 10.3. The predicted molar refractivity (Wildman–Crippen MR) is 113 cm³/mol. The number of halogens is 1. The lowest BCUT2D eigenvalue weighted by atomic mass is 9.83. The average Bonchev–Trinajstić information content (AvgIpc) is 2.68. The van der Waals surface area contributed by atoms with Crippen molar-refractivity contribution in [3.05, 3.63) is 35.4 Å². The zero-order valence-corrected chi connectivity index (χ0v) is 17.5. The minimum absolute atomic E-state index is 0. The Morgan fingerprint density at radius 3 is 2.21 bits per heavy atom. The fraction of sp³-hybridized carbons (Fsp3) is 0.636. The topological polar surface area (TPSA) is 69.6 Å². The highest BCUT2D eigenvalue weighted by atomic mass is 35.5. The summed E-state index contributed by atoms with van der Waals surface area (Å²) in [5, 5.41) is 12.0. The standard InChI is InChI=1S/C22H32N2O3.ClH/c1-24-14-12-18(13-15-24)17-5-7-19(8-6-17)22(27)23-20-9-2-16(3-10-20)4-11-21(25)26;/h5-8,16,18,20H,2-4,9-15H2,1H3,(H,23,27)(H,25,26);1H/t16-,20-;. The Kier molecular flexibility index (Phi) is 8.77. The summed E-state index contributed by atoms with van der Waals surface area (Å²) in [6.07, 6.45) is 7.30. The van der Waals surface area contributed by atoms with Crippen molar-refractivity contribution in [1.82, 2.24) is 10.2 Å². The first kappa shape index (κ1) is 22.7. The van der Waals surface area contributed by atoms with Crippen LogP contribution in [0.15, 0.2) is 24.3 Å². The molecular weight excluding hydrogens is 376 g/mol. The lowest BCUT2D eigenvalue weighted by Crippen LogP contribution is -2.37. The van der Waals surface area contributed by atoms with Crippen LogP contribution in [0.1, 0.15) is 73.2 Å². The van der Waals surface area contributed by atoms with Crippen LogP contribution < -0.4 is 5.32 Å². The Hall–Kier alpha value is -1.59. The molecule has 2 fully saturated rings. The van der Waals surface area contributed by atoms with Gasteiger partial charge in [0, 0.05) is 18.0 Å². The summed E-state index contributed by atoms with van der Waals surface area (Å²) in [6.45, 7) is 2.28. The molecular formula is C22H33ClN2O3. The molecule has 1 heterocycles. The van der Waals surface area contributed by atoms with E-state index in [1.54, 1.807) is 0 Å². The number of likely N-dealkylation sites (tertiary alicyclic amines) is 1. The number of carboxylic acid groups (broad SMARTS) is 1. The Balaban J connectivity index is 0.00000280. The van der Waals surface area contributed by atoms with E-state index in [2.05, 4.69) is 29.4 Å². The molecule has 1 saturated heterocycles. The van der Waals surface area contributed by atoms with Gasteiger partial charge >= 0.3 is 5.97 Å². The Morgan fingerprint density at radius 2 is 1.64 bits per heavy atom. The third-order valence-corrected chi connectivity index (χ3v) is 6.31. The van der Waals surface area contributed by atoms with E-state index in [1.807, 2.05) is 12.1 Å². The van der Waals surface area contributed by atoms with E-state index < -0.39 is 5.97 Å². The molecule has 1 aliphatic carbocycles. The van der Waals surface area contributed by atoms with E-state index in [1.165, 1.54) is 18.4 Å². The van der Waals surface area contributed by atoms with Gasteiger partial charge in [-0.15, -0.1) is 12.4 Å². The molecule has 1 saturated carbocycles. The third-order valence-electron chi connectivity index (χ3n) is 6.31. The van der Waals surface area contributed by atoms with E-state index in [0.29, 0.717) is 11.8 Å². The van der Waals surface area contributed by atoms with Crippen LogP contribution in [0.2, 0.25) is 0 Å². The smallest absolute Gasteiger partial charge is 0.303 e. The quantitative estimate of drug-likeness (QED) is 0.744. The average molecular weight is 409 g/mol. The van der Waals surface area contributed by atoms with Crippen molar-refractivity contribution in [2.45, 2.75) is 63.3 Å². The summed E-state index contributed by atoms with van der Waals surface area (Å²) >= 11 is 0.